The first-order chi connectivity index (χ1) is 10.2. The Hall–Kier alpha value is -1.91. The number of aromatic nitrogens is 3. The van der Waals surface area contributed by atoms with Crippen molar-refractivity contribution >= 4 is 16.9 Å². The fraction of sp³-hybridized carbons (Fsp3) is 0.562. The van der Waals surface area contributed by atoms with Gasteiger partial charge in [-0.15, -0.1) is 5.10 Å². The Labute approximate surface area is 126 Å². The Bertz CT molecular complexity index is 485. The Morgan fingerprint density at radius 3 is 2.29 bits per heavy atom. The third kappa shape index (κ3) is 6.38. The fourth-order valence-corrected chi connectivity index (χ4v) is 1.91. The zero-order valence-electron chi connectivity index (χ0n) is 13.3. The van der Waals surface area contributed by atoms with Gasteiger partial charge in [0.25, 0.3) is 0 Å². The van der Waals surface area contributed by atoms with Crippen molar-refractivity contribution < 1.29 is 4.79 Å². The topological polar surface area (TPSA) is 61.9 Å². The predicted octanol–water partition coefficient (Wildman–Crippen LogP) is 3.39. The van der Waals surface area contributed by atoms with Crippen LogP contribution in [0.1, 0.15) is 46.5 Å². The van der Waals surface area contributed by atoms with E-state index in [-0.39, 0.29) is 5.91 Å². The number of fused-ring (bicyclic) bond motifs is 1. The van der Waals surface area contributed by atoms with Gasteiger partial charge in [-0.3, -0.25) is 9.89 Å². The van der Waals surface area contributed by atoms with Crippen LogP contribution in [0.3, 0.4) is 0 Å². The molecule has 116 valence electrons. The van der Waals surface area contributed by atoms with Gasteiger partial charge in [-0.25, -0.2) is 0 Å². The second-order valence-corrected chi connectivity index (χ2v) is 5.04. The van der Waals surface area contributed by atoms with E-state index in [4.69, 9.17) is 0 Å². The van der Waals surface area contributed by atoms with Gasteiger partial charge in [0.15, 0.2) is 0 Å². The second kappa shape index (κ2) is 9.91. The van der Waals surface area contributed by atoms with Crippen molar-refractivity contribution in [2.45, 2.75) is 46.5 Å². The van der Waals surface area contributed by atoms with E-state index in [0.29, 0.717) is 0 Å². The number of H-pyrrole nitrogens is 1. The first kappa shape index (κ1) is 17.1. The molecule has 0 aliphatic heterocycles. The number of hydrogen-bond acceptors (Lipinski definition) is 3. The molecular weight excluding hydrogens is 264 g/mol. The van der Waals surface area contributed by atoms with Crippen molar-refractivity contribution in [1.29, 1.82) is 0 Å². The van der Waals surface area contributed by atoms with Gasteiger partial charge in [-0.2, -0.15) is 0 Å². The average Bonchev–Trinajstić information content (AvgIpc) is 2.96. The van der Waals surface area contributed by atoms with E-state index >= 15 is 0 Å². The number of nitrogens with zero attached hydrogens (tertiary/aromatic N) is 3. The molecule has 0 spiro atoms. The monoisotopic (exact) mass is 290 g/mol. The number of nitrogens with one attached hydrogen (secondary N) is 1. The molecule has 1 heterocycles. The maximum Gasteiger partial charge on any atom is 0.219 e. The van der Waals surface area contributed by atoms with E-state index in [1.165, 1.54) is 0 Å². The van der Waals surface area contributed by atoms with Crippen molar-refractivity contribution in [3.8, 4) is 0 Å². The maximum atomic E-state index is 11.1. The van der Waals surface area contributed by atoms with Crippen molar-refractivity contribution in [3.63, 3.8) is 0 Å². The predicted molar refractivity (Wildman–Crippen MR) is 86.0 cm³/mol. The molecule has 5 nitrogen and oxygen atoms in total. The summed E-state index contributed by atoms with van der Waals surface area (Å²) in [5.74, 6) is 0.219. The van der Waals surface area contributed by atoms with Gasteiger partial charge in [0, 0.05) is 20.0 Å². The van der Waals surface area contributed by atoms with Crippen LogP contribution in [0.5, 0.6) is 0 Å². The van der Waals surface area contributed by atoms with Crippen LogP contribution in [0.4, 0.5) is 0 Å². The normalized spacial score (nSPS) is 10.0. The quantitative estimate of drug-likeness (QED) is 0.887. The van der Waals surface area contributed by atoms with Crippen molar-refractivity contribution in [2.24, 2.45) is 0 Å². The number of benzene rings is 1. The zero-order chi connectivity index (χ0) is 15.5. The minimum Gasteiger partial charge on any atom is -0.343 e. The van der Waals surface area contributed by atoms with Gasteiger partial charge in [0.2, 0.25) is 5.91 Å². The first-order valence-corrected chi connectivity index (χ1v) is 7.70. The summed E-state index contributed by atoms with van der Waals surface area (Å²) in [7, 11) is 0. The molecule has 2 rings (SSSR count). The molecule has 0 aliphatic rings. The number of rotatable bonds is 6. The van der Waals surface area contributed by atoms with Crippen LogP contribution in [0.15, 0.2) is 24.3 Å². The molecule has 0 saturated heterocycles. The number of carbonyl (C=O) groups excluding carboxylic acids is 1. The van der Waals surface area contributed by atoms with Gasteiger partial charge in [-0.1, -0.05) is 44.0 Å². The van der Waals surface area contributed by atoms with Crippen LogP contribution >= 0.6 is 0 Å². The van der Waals surface area contributed by atoms with E-state index in [0.717, 1.165) is 49.8 Å². The molecule has 0 radical (unpaired) electrons. The van der Waals surface area contributed by atoms with Gasteiger partial charge >= 0.3 is 0 Å². The molecule has 0 bridgehead atoms. The summed E-state index contributed by atoms with van der Waals surface area (Å²) in [6.07, 6.45) is 4.58. The Morgan fingerprint density at radius 1 is 1.14 bits per heavy atom. The fourth-order valence-electron chi connectivity index (χ4n) is 1.91. The second-order valence-electron chi connectivity index (χ2n) is 5.04. The van der Waals surface area contributed by atoms with E-state index in [1.54, 1.807) is 6.92 Å². The summed E-state index contributed by atoms with van der Waals surface area (Å²) in [6, 6.07) is 7.74. The SMILES string of the molecule is CCCCN(CCCC)C(C)=O.c1ccc2[nH]nnc2c1. The molecule has 0 saturated carbocycles. The molecule has 5 heteroatoms. The summed E-state index contributed by atoms with van der Waals surface area (Å²) in [6.45, 7) is 7.83. The lowest BCUT2D eigenvalue weighted by Gasteiger charge is -2.20. The number of carbonyl (C=O) groups is 1. The van der Waals surface area contributed by atoms with E-state index in [1.807, 2.05) is 29.2 Å². The number of amides is 1. The summed E-state index contributed by atoms with van der Waals surface area (Å²) in [4.78, 5) is 13.0. The molecule has 0 fully saturated rings. The number of hydrogen-bond donors (Lipinski definition) is 1. The third-order valence-corrected chi connectivity index (χ3v) is 3.24. The van der Waals surface area contributed by atoms with E-state index in [2.05, 4.69) is 29.3 Å². The molecule has 0 atom stereocenters. The van der Waals surface area contributed by atoms with Crippen LogP contribution in [0.2, 0.25) is 0 Å². The number of para-hydroxylation sites is 1. The molecule has 1 N–H and O–H groups in total. The van der Waals surface area contributed by atoms with Crippen molar-refractivity contribution in [2.75, 3.05) is 13.1 Å². The standard InChI is InChI=1S/C10H21NO.C6H5N3/c1-4-6-8-11(10(3)12)9-7-5-2;1-2-4-6-5(3-1)7-9-8-6/h4-9H2,1-3H3;1-4H,(H,7,8,9). The number of unbranched alkanes of at least 4 members (excludes halogenated alkanes) is 2. The van der Waals surface area contributed by atoms with Crippen LogP contribution in [0.25, 0.3) is 11.0 Å². The molecule has 0 aliphatic carbocycles. The zero-order valence-corrected chi connectivity index (χ0v) is 13.3. The summed E-state index contributed by atoms with van der Waals surface area (Å²) in [5, 5.41) is 10.2. The largest absolute Gasteiger partial charge is 0.343 e. The van der Waals surface area contributed by atoms with Gasteiger partial charge < -0.3 is 4.90 Å². The van der Waals surface area contributed by atoms with Crippen LogP contribution in [-0.2, 0) is 4.79 Å². The summed E-state index contributed by atoms with van der Waals surface area (Å²) >= 11 is 0. The van der Waals surface area contributed by atoms with E-state index < -0.39 is 0 Å². The Balaban J connectivity index is 0.000000216. The average molecular weight is 290 g/mol. The smallest absolute Gasteiger partial charge is 0.219 e. The maximum absolute atomic E-state index is 11.1. The highest BCUT2D eigenvalue weighted by molar-refractivity contribution is 5.73. The molecule has 1 amide bonds. The molecule has 2 aromatic rings. The number of aromatic amines is 1. The van der Waals surface area contributed by atoms with Gasteiger partial charge in [0.1, 0.15) is 5.52 Å². The molecule has 0 unspecified atom stereocenters. The molecule has 1 aromatic heterocycles. The Morgan fingerprint density at radius 2 is 1.76 bits per heavy atom. The van der Waals surface area contributed by atoms with E-state index in [9.17, 15) is 4.79 Å². The highest BCUT2D eigenvalue weighted by atomic mass is 16.2. The third-order valence-electron chi connectivity index (χ3n) is 3.24. The lowest BCUT2D eigenvalue weighted by Crippen LogP contribution is -2.30. The lowest BCUT2D eigenvalue weighted by molar-refractivity contribution is -0.129. The molecular formula is C16H26N4O. The first-order valence-electron chi connectivity index (χ1n) is 7.70. The highest BCUT2D eigenvalue weighted by Gasteiger charge is 2.05. The van der Waals surface area contributed by atoms with Crippen LogP contribution < -0.4 is 0 Å². The van der Waals surface area contributed by atoms with Crippen LogP contribution in [0, 0.1) is 0 Å². The van der Waals surface area contributed by atoms with Gasteiger partial charge in [-0.05, 0) is 25.0 Å². The highest BCUT2D eigenvalue weighted by Crippen LogP contribution is 2.03. The Kier molecular flexibility index (Phi) is 8.09. The minimum atomic E-state index is 0.219. The summed E-state index contributed by atoms with van der Waals surface area (Å²) in [5.41, 5.74) is 1.90. The van der Waals surface area contributed by atoms with Crippen molar-refractivity contribution in [3.05, 3.63) is 24.3 Å². The molecule has 1 aromatic carbocycles. The van der Waals surface area contributed by atoms with Gasteiger partial charge in [0.05, 0.1) is 5.52 Å². The van der Waals surface area contributed by atoms with Crippen LogP contribution in [-0.4, -0.2) is 39.3 Å². The molecule has 21 heavy (non-hydrogen) atoms. The minimum absolute atomic E-state index is 0.219. The summed E-state index contributed by atoms with van der Waals surface area (Å²) < 4.78 is 0. The lowest BCUT2D eigenvalue weighted by atomic mass is 10.2. The van der Waals surface area contributed by atoms with Crippen molar-refractivity contribution in [1.82, 2.24) is 20.3 Å².